The van der Waals surface area contributed by atoms with Crippen molar-refractivity contribution < 1.29 is 14.7 Å². The second-order valence-corrected chi connectivity index (χ2v) is 4.08. The first-order valence-corrected chi connectivity index (χ1v) is 5.34. The molecule has 0 aliphatic carbocycles. The molecule has 0 saturated carbocycles. The fraction of sp³-hybridized carbons (Fsp3) is 0.200. The zero-order valence-corrected chi connectivity index (χ0v) is 10.1. The summed E-state index contributed by atoms with van der Waals surface area (Å²) in [6.07, 6.45) is 0. The van der Waals surface area contributed by atoms with Gasteiger partial charge in [-0.05, 0) is 31.2 Å². The van der Waals surface area contributed by atoms with Crippen molar-refractivity contribution in [2.24, 2.45) is 0 Å². The summed E-state index contributed by atoms with van der Waals surface area (Å²) < 4.78 is 0.900. The normalized spacial score (nSPS) is 11.6. The molecule has 6 heteroatoms. The van der Waals surface area contributed by atoms with E-state index in [2.05, 4.69) is 26.6 Å². The summed E-state index contributed by atoms with van der Waals surface area (Å²) in [5, 5.41) is 13.4. The topological polar surface area (TPSA) is 78.4 Å². The highest BCUT2D eigenvalue weighted by molar-refractivity contribution is 9.10. The zero-order valence-electron chi connectivity index (χ0n) is 8.53. The third-order valence-corrected chi connectivity index (χ3v) is 2.35. The first-order valence-electron chi connectivity index (χ1n) is 4.55. The molecule has 0 spiro atoms. The first-order chi connectivity index (χ1) is 7.49. The van der Waals surface area contributed by atoms with E-state index in [1.165, 1.54) is 6.92 Å². The van der Waals surface area contributed by atoms with Crippen molar-refractivity contribution in [2.45, 2.75) is 13.0 Å². The number of nitrogens with one attached hydrogen (secondary N) is 2. The number of urea groups is 1. The number of hydrogen-bond acceptors (Lipinski definition) is 2. The van der Waals surface area contributed by atoms with Crippen molar-refractivity contribution in [1.29, 1.82) is 0 Å². The number of carboxylic acid groups (broad SMARTS) is 1. The Morgan fingerprint density at radius 1 is 1.31 bits per heavy atom. The second kappa shape index (κ2) is 5.50. The molecule has 2 amide bonds. The Morgan fingerprint density at radius 2 is 1.88 bits per heavy atom. The Balaban J connectivity index is 2.52. The first kappa shape index (κ1) is 12.5. The van der Waals surface area contributed by atoms with Gasteiger partial charge >= 0.3 is 12.0 Å². The van der Waals surface area contributed by atoms with Gasteiger partial charge in [0, 0.05) is 10.2 Å². The number of benzene rings is 1. The number of carbonyl (C=O) groups is 2. The summed E-state index contributed by atoms with van der Waals surface area (Å²) in [6.45, 7) is 1.39. The number of carboxylic acids is 1. The molecule has 0 bridgehead atoms. The van der Waals surface area contributed by atoms with Crippen LogP contribution in [0.1, 0.15) is 6.92 Å². The summed E-state index contributed by atoms with van der Waals surface area (Å²) >= 11 is 3.26. The lowest BCUT2D eigenvalue weighted by Crippen LogP contribution is -2.40. The van der Waals surface area contributed by atoms with Crippen LogP contribution in [-0.4, -0.2) is 23.1 Å². The van der Waals surface area contributed by atoms with E-state index in [1.54, 1.807) is 24.3 Å². The number of anilines is 1. The van der Waals surface area contributed by atoms with Crippen LogP contribution in [0.5, 0.6) is 0 Å². The van der Waals surface area contributed by atoms with Crippen LogP contribution in [0.2, 0.25) is 0 Å². The average Bonchev–Trinajstić information content (AvgIpc) is 2.21. The number of rotatable bonds is 3. The molecule has 1 atom stereocenters. The molecule has 5 nitrogen and oxygen atoms in total. The van der Waals surface area contributed by atoms with Gasteiger partial charge in [0.15, 0.2) is 0 Å². The van der Waals surface area contributed by atoms with Gasteiger partial charge in [0.25, 0.3) is 0 Å². The molecular weight excluding hydrogens is 276 g/mol. The molecule has 1 aromatic carbocycles. The lowest BCUT2D eigenvalue weighted by atomic mass is 10.3. The van der Waals surface area contributed by atoms with Crippen molar-refractivity contribution in [3.8, 4) is 0 Å². The molecule has 0 aliphatic rings. The quantitative estimate of drug-likeness (QED) is 0.796. The summed E-state index contributed by atoms with van der Waals surface area (Å²) in [6, 6.07) is 5.49. The van der Waals surface area contributed by atoms with Gasteiger partial charge in [0.1, 0.15) is 6.04 Å². The Bertz CT molecular complexity index is 392. The molecule has 1 rings (SSSR count). The van der Waals surface area contributed by atoms with Crippen molar-refractivity contribution in [3.05, 3.63) is 28.7 Å². The zero-order chi connectivity index (χ0) is 12.1. The highest BCUT2D eigenvalue weighted by atomic mass is 79.9. The molecule has 0 heterocycles. The summed E-state index contributed by atoms with van der Waals surface area (Å²) in [5.41, 5.74) is 0.596. The summed E-state index contributed by atoms with van der Waals surface area (Å²) in [7, 11) is 0. The molecule has 0 aliphatic heterocycles. The Morgan fingerprint density at radius 3 is 2.38 bits per heavy atom. The molecule has 0 saturated heterocycles. The van der Waals surface area contributed by atoms with Gasteiger partial charge in [-0.3, -0.25) is 4.79 Å². The summed E-state index contributed by atoms with van der Waals surface area (Å²) in [5.74, 6) is -1.08. The molecule has 0 aromatic heterocycles. The molecule has 1 aromatic rings. The molecule has 0 radical (unpaired) electrons. The van der Waals surface area contributed by atoms with Crippen molar-refractivity contribution >= 4 is 33.6 Å². The van der Waals surface area contributed by atoms with Crippen LogP contribution in [0.4, 0.5) is 10.5 Å². The highest BCUT2D eigenvalue weighted by Gasteiger charge is 2.13. The lowest BCUT2D eigenvalue weighted by Gasteiger charge is -2.10. The van der Waals surface area contributed by atoms with Crippen LogP contribution < -0.4 is 10.6 Å². The molecular formula is C10H11BrN2O3. The molecule has 3 N–H and O–H groups in total. The van der Waals surface area contributed by atoms with Crippen LogP contribution in [-0.2, 0) is 4.79 Å². The predicted octanol–water partition coefficient (Wildman–Crippen LogP) is 2.04. The van der Waals surface area contributed by atoms with Gasteiger partial charge < -0.3 is 15.7 Å². The Hall–Kier alpha value is -1.56. The average molecular weight is 287 g/mol. The van der Waals surface area contributed by atoms with Gasteiger partial charge in [-0.1, -0.05) is 15.9 Å². The van der Waals surface area contributed by atoms with E-state index in [1.807, 2.05) is 0 Å². The van der Waals surface area contributed by atoms with E-state index in [-0.39, 0.29) is 0 Å². The second-order valence-electron chi connectivity index (χ2n) is 3.17. The van der Waals surface area contributed by atoms with Crippen LogP contribution in [0.25, 0.3) is 0 Å². The molecule has 86 valence electrons. The number of carbonyl (C=O) groups excluding carboxylic acids is 1. The van der Waals surface area contributed by atoms with E-state index < -0.39 is 18.0 Å². The molecule has 16 heavy (non-hydrogen) atoms. The van der Waals surface area contributed by atoms with E-state index >= 15 is 0 Å². The van der Waals surface area contributed by atoms with Crippen LogP contribution in [0.3, 0.4) is 0 Å². The van der Waals surface area contributed by atoms with E-state index in [9.17, 15) is 9.59 Å². The number of aliphatic carboxylic acids is 1. The minimum atomic E-state index is -1.08. The fourth-order valence-corrected chi connectivity index (χ4v) is 1.22. The monoisotopic (exact) mass is 286 g/mol. The number of amides is 2. The van der Waals surface area contributed by atoms with Crippen molar-refractivity contribution in [2.75, 3.05) is 5.32 Å². The maximum absolute atomic E-state index is 11.3. The third kappa shape index (κ3) is 3.90. The SMILES string of the molecule is CC(NC(=O)Nc1ccc(Br)cc1)C(=O)O. The standard InChI is InChI=1S/C10H11BrN2O3/c1-6(9(14)15)12-10(16)13-8-4-2-7(11)3-5-8/h2-6H,1H3,(H,14,15)(H2,12,13,16). The van der Waals surface area contributed by atoms with Crippen LogP contribution in [0, 0.1) is 0 Å². The highest BCUT2D eigenvalue weighted by Crippen LogP contribution is 2.13. The van der Waals surface area contributed by atoms with E-state index in [0.29, 0.717) is 5.69 Å². The van der Waals surface area contributed by atoms with Crippen LogP contribution in [0.15, 0.2) is 28.7 Å². The van der Waals surface area contributed by atoms with Gasteiger partial charge in [0.05, 0.1) is 0 Å². The van der Waals surface area contributed by atoms with E-state index in [4.69, 9.17) is 5.11 Å². The minimum absolute atomic E-state index is 0.544. The maximum atomic E-state index is 11.3. The number of hydrogen-bond donors (Lipinski definition) is 3. The van der Waals surface area contributed by atoms with Crippen LogP contribution >= 0.6 is 15.9 Å². The number of halogens is 1. The van der Waals surface area contributed by atoms with Crippen molar-refractivity contribution in [1.82, 2.24) is 5.32 Å². The summed E-state index contributed by atoms with van der Waals surface area (Å²) in [4.78, 5) is 21.8. The fourth-order valence-electron chi connectivity index (χ4n) is 0.959. The lowest BCUT2D eigenvalue weighted by molar-refractivity contribution is -0.138. The minimum Gasteiger partial charge on any atom is -0.480 e. The van der Waals surface area contributed by atoms with Gasteiger partial charge in [-0.15, -0.1) is 0 Å². The van der Waals surface area contributed by atoms with E-state index in [0.717, 1.165) is 4.47 Å². The van der Waals surface area contributed by atoms with Gasteiger partial charge in [-0.2, -0.15) is 0 Å². The predicted molar refractivity (Wildman–Crippen MR) is 63.4 cm³/mol. The Kier molecular flexibility index (Phi) is 4.30. The van der Waals surface area contributed by atoms with Gasteiger partial charge in [0.2, 0.25) is 0 Å². The maximum Gasteiger partial charge on any atom is 0.325 e. The third-order valence-electron chi connectivity index (χ3n) is 1.82. The molecule has 0 fully saturated rings. The molecule has 1 unspecified atom stereocenters. The van der Waals surface area contributed by atoms with Gasteiger partial charge in [-0.25, -0.2) is 4.79 Å². The van der Waals surface area contributed by atoms with Crippen molar-refractivity contribution in [3.63, 3.8) is 0 Å². The Labute approximate surface area is 101 Å². The largest absolute Gasteiger partial charge is 0.480 e. The smallest absolute Gasteiger partial charge is 0.325 e.